The smallest absolute Gasteiger partial charge is 0.0680 e. The highest BCUT2D eigenvalue weighted by Crippen LogP contribution is 2.43. The predicted octanol–water partition coefficient (Wildman–Crippen LogP) is 4.00. The number of rotatable bonds is 3. The molecule has 0 bridgehead atoms. The molecule has 104 valence electrons. The van der Waals surface area contributed by atoms with Crippen molar-refractivity contribution in [2.24, 2.45) is 0 Å². The lowest BCUT2D eigenvalue weighted by molar-refractivity contribution is 0.369. The molecule has 1 saturated heterocycles. The molecule has 1 N–H and O–H groups in total. The summed E-state index contributed by atoms with van der Waals surface area (Å²) in [6.07, 6.45) is 2.52. The van der Waals surface area contributed by atoms with Gasteiger partial charge in [0.2, 0.25) is 0 Å². The van der Waals surface area contributed by atoms with Crippen LogP contribution in [0, 0.1) is 0 Å². The molecule has 0 amide bonds. The maximum atomic E-state index is 3.72. The van der Waals surface area contributed by atoms with Crippen LogP contribution in [0.3, 0.4) is 0 Å². The summed E-state index contributed by atoms with van der Waals surface area (Å²) in [5.74, 6) is 0. The van der Waals surface area contributed by atoms with E-state index >= 15 is 0 Å². The van der Waals surface area contributed by atoms with Crippen LogP contribution in [0.25, 0.3) is 0 Å². The fourth-order valence-electron chi connectivity index (χ4n) is 3.01. The summed E-state index contributed by atoms with van der Waals surface area (Å²) in [4.78, 5) is 0. The van der Waals surface area contributed by atoms with Crippen molar-refractivity contribution in [2.75, 3.05) is 6.26 Å². The summed E-state index contributed by atoms with van der Waals surface area (Å²) in [6.45, 7) is 2.23. The van der Waals surface area contributed by atoms with Gasteiger partial charge in [-0.15, -0.1) is 0 Å². The highest BCUT2D eigenvalue weighted by atomic mass is 32.2. The van der Waals surface area contributed by atoms with Crippen LogP contribution in [0.1, 0.15) is 30.1 Å². The van der Waals surface area contributed by atoms with Gasteiger partial charge in [0, 0.05) is 0 Å². The third-order valence-electron chi connectivity index (χ3n) is 3.90. The Balaban J connectivity index is 2.00. The standard InChI is InChI=1S/C17H20N2S/c1-13-18-16(14-9-5-3-6-10-14)17(19(13)20-2)15-11-7-4-8-12-15/h3-13,16-18H,1-2H3/t13?,16-,17?/m1/s1. The summed E-state index contributed by atoms with van der Waals surface area (Å²) in [5.41, 5.74) is 2.72. The number of nitrogens with zero attached hydrogens (tertiary/aromatic N) is 1. The summed E-state index contributed by atoms with van der Waals surface area (Å²) >= 11 is 1.81. The van der Waals surface area contributed by atoms with E-state index in [1.54, 1.807) is 0 Å². The first-order valence-electron chi connectivity index (χ1n) is 6.99. The largest absolute Gasteiger partial charge is 0.292 e. The van der Waals surface area contributed by atoms with Crippen molar-refractivity contribution in [1.82, 2.24) is 9.62 Å². The van der Waals surface area contributed by atoms with Gasteiger partial charge in [-0.3, -0.25) is 5.32 Å². The number of hydrogen-bond donors (Lipinski definition) is 1. The molecule has 1 heterocycles. The van der Waals surface area contributed by atoms with Crippen molar-refractivity contribution in [3.8, 4) is 0 Å². The zero-order valence-electron chi connectivity index (χ0n) is 11.9. The fourth-order valence-corrected chi connectivity index (χ4v) is 3.86. The van der Waals surface area contributed by atoms with Gasteiger partial charge < -0.3 is 0 Å². The van der Waals surface area contributed by atoms with Crippen molar-refractivity contribution in [3.63, 3.8) is 0 Å². The van der Waals surface area contributed by atoms with Crippen LogP contribution in [-0.2, 0) is 0 Å². The molecule has 1 fully saturated rings. The van der Waals surface area contributed by atoms with Gasteiger partial charge in [0.25, 0.3) is 0 Å². The van der Waals surface area contributed by atoms with Gasteiger partial charge in [-0.2, -0.15) is 0 Å². The fraction of sp³-hybridized carbons (Fsp3) is 0.294. The minimum Gasteiger partial charge on any atom is -0.292 e. The topological polar surface area (TPSA) is 15.3 Å². The first-order chi connectivity index (χ1) is 9.81. The molecular weight excluding hydrogens is 264 g/mol. The first kappa shape index (κ1) is 13.7. The molecule has 1 aliphatic heterocycles. The second-order valence-electron chi connectivity index (χ2n) is 5.13. The van der Waals surface area contributed by atoms with Crippen LogP contribution in [-0.4, -0.2) is 16.7 Å². The lowest BCUT2D eigenvalue weighted by Gasteiger charge is -2.27. The third-order valence-corrected chi connectivity index (χ3v) is 4.87. The van der Waals surface area contributed by atoms with E-state index in [9.17, 15) is 0 Å². The van der Waals surface area contributed by atoms with Gasteiger partial charge in [-0.1, -0.05) is 72.6 Å². The van der Waals surface area contributed by atoms with E-state index in [0.717, 1.165) is 0 Å². The van der Waals surface area contributed by atoms with Crippen molar-refractivity contribution in [2.45, 2.75) is 25.2 Å². The summed E-state index contributed by atoms with van der Waals surface area (Å²) in [6, 6.07) is 22.2. The van der Waals surface area contributed by atoms with Crippen molar-refractivity contribution in [3.05, 3.63) is 71.8 Å². The van der Waals surface area contributed by atoms with Gasteiger partial charge in [0.15, 0.2) is 0 Å². The van der Waals surface area contributed by atoms with E-state index in [2.05, 4.69) is 83.5 Å². The van der Waals surface area contributed by atoms with E-state index in [-0.39, 0.29) is 0 Å². The molecule has 0 radical (unpaired) electrons. The van der Waals surface area contributed by atoms with Gasteiger partial charge >= 0.3 is 0 Å². The zero-order chi connectivity index (χ0) is 13.9. The Kier molecular flexibility index (Phi) is 4.10. The van der Waals surface area contributed by atoms with Crippen LogP contribution in [0.5, 0.6) is 0 Å². The maximum Gasteiger partial charge on any atom is 0.0680 e. The van der Waals surface area contributed by atoms with Crippen LogP contribution in [0.4, 0.5) is 0 Å². The van der Waals surface area contributed by atoms with E-state index in [4.69, 9.17) is 0 Å². The monoisotopic (exact) mass is 284 g/mol. The molecule has 2 aromatic rings. The summed E-state index contributed by atoms with van der Waals surface area (Å²) in [7, 11) is 0. The molecule has 3 atom stereocenters. The van der Waals surface area contributed by atoms with Crippen molar-refractivity contribution in [1.29, 1.82) is 0 Å². The lowest BCUT2D eigenvalue weighted by atomic mass is 9.95. The Morgan fingerprint density at radius 3 is 2.00 bits per heavy atom. The molecule has 0 aromatic heterocycles. The molecule has 2 unspecified atom stereocenters. The first-order valence-corrected chi connectivity index (χ1v) is 8.18. The number of benzene rings is 2. The molecular formula is C17H20N2S. The maximum absolute atomic E-state index is 3.72. The molecule has 20 heavy (non-hydrogen) atoms. The molecule has 2 aromatic carbocycles. The summed E-state index contributed by atoms with van der Waals surface area (Å²) < 4.78 is 2.45. The van der Waals surface area contributed by atoms with Crippen LogP contribution < -0.4 is 5.32 Å². The van der Waals surface area contributed by atoms with Gasteiger partial charge in [0.1, 0.15) is 0 Å². The zero-order valence-corrected chi connectivity index (χ0v) is 12.7. The second kappa shape index (κ2) is 6.00. The Morgan fingerprint density at radius 2 is 1.45 bits per heavy atom. The summed E-state index contributed by atoms with van der Waals surface area (Å²) in [5, 5.41) is 3.72. The third kappa shape index (κ3) is 2.49. The molecule has 2 nitrogen and oxygen atoms in total. The lowest BCUT2D eigenvalue weighted by Crippen LogP contribution is -2.28. The second-order valence-corrected chi connectivity index (χ2v) is 5.92. The predicted molar refractivity (Wildman–Crippen MR) is 86.3 cm³/mol. The van der Waals surface area contributed by atoms with Crippen molar-refractivity contribution >= 4 is 11.9 Å². The molecule has 0 saturated carbocycles. The minimum absolute atomic E-state index is 0.334. The van der Waals surface area contributed by atoms with Gasteiger partial charge in [-0.25, -0.2) is 4.31 Å². The minimum atomic E-state index is 0.334. The molecule has 3 heteroatoms. The average Bonchev–Trinajstić information content (AvgIpc) is 2.85. The highest BCUT2D eigenvalue weighted by molar-refractivity contribution is 7.96. The van der Waals surface area contributed by atoms with Crippen LogP contribution in [0.15, 0.2) is 60.7 Å². The van der Waals surface area contributed by atoms with E-state index in [0.29, 0.717) is 18.2 Å². The van der Waals surface area contributed by atoms with Crippen LogP contribution in [0.2, 0.25) is 0 Å². The quantitative estimate of drug-likeness (QED) is 0.858. The Hall–Kier alpha value is -1.29. The Labute approximate surface area is 125 Å². The normalized spacial score (nSPS) is 26.8. The Bertz CT molecular complexity index is 543. The highest BCUT2D eigenvalue weighted by Gasteiger charge is 2.39. The van der Waals surface area contributed by atoms with Crippen LogP contribution >= 0.6 is 11.9 Å². The molecule has 3 rings (SSSR count). The molecule has 0 spiro atoms. The van der Waals surface area contributed by atoms with E-state index < -0.39 is 0 Å². The van der Waals surface area contributed by atoms with Gasteiger partial charge in [0.05, 0.1) is 18.2 Å². The number of hydrogen-bond acceptors (Lipinski definition) is 3. The molecule has 1 aliphatic rings. The van der Waals surface area contributed by atoms with Gasteiger partial charge in [-0.05, 0) is 24.3 Å². The average molecular weight is 284 g/mol. The molecule has 0 aliphatic carbocycles. The van der Waals surface area contributed by atoms with E-state index in [1.807, 2.05) is 11.9 Å². The van der Waals surface area contributed by atoms with E-state index in [1.165, 1.54) is 11.1 Å². The van der Waals surface area contributed by atoms with Crippen molar-refractivity contribution < 1.29 is 0 Å². The Morgan fingerprint density at radius 1 is 0.900 bits per heavy atom. The number of nitrogens with one attached hydrogen (secondary N) is 1. The SMILES string of the molecule is CSN1C(C)N[C@H](c2ccccc2)C1c1ccccc1.